The maximum atomic E-state index is 13.3. The van der Waals surface area contributed by atoms with Gasteiger partial charge in [0.15, 0.2) is 5.78 Å². The van der Waals surface area contributed by atoms with Crippen molar-refractivity contribution in [3.8, 4) is 0 Å². The van der Waals surface area contributed by atoms with Gasteiger partial charge in [-0.3, -0.25) is 4.79 Å². The first kappa shape index (κ1) is 18.8. The average molecular weight is 375 g/mol. The van der Waals surface area contributed by atoms with Crippen molar-refractivity contribution in [2.75, 3.05) is 10.6 Å². The van der Waals surface area contributed by atoms with Gasteiger partial charge in [-0.2, -0.15) is 0 Å². The molecule has 1 aliphatic carbocycles. The number of carbonyl (C=O) groups excluding carboxylic acids is 1. The summed E-state index contributed by atoms with van der Waals surface area (Å²) in [4.78, 5) is 13.3. The van der Waals surface area contributed by atoms with Crippen molar-refractivity contribution in [1.29, 1.82) is 0 Å². The van der Waals surface area contributed by atoms with Crippen LogP contribution < -0.4 is 10.6 Å². The van der Waals surface area contributed by atoms with Crippen LogP contribution in [0.15, 0.2) is 47.7 Å². The maximum absolute atomic E-state index is 13.3. The van der Waals surface area contributed by atoms with E-state index in [4.69, 9.17) is 0 Å². The molecule has 0 radical (unpaired) electrons. The first-order chi connectivity index (χ1) is 13.3. The molecule has 3 heteroatoms. The van der Waals surface area contributed by atoms with Gasteiger partial charge in [-0.05, 0) is 66.5 Å². The number of anilines is 2. The van der Waals surface area contributed by atoms with Crippen LogP contribution >= 0.6 is 0 Å². The molecule has 0 amide bonds. The number of ketones is 1. The van der Waals surface area contributed by atoms with E-state index in [0.717, 1.165) is 41.1 Å². The van der Waals surface area contributed by atoms with Crippen LogP contribution in [0.5, 0.6) is 0 Å². The van der Waals surface area contributed by atoms with Crippen LogP contribution in [-0.2, 0) is 11.2 Å². The first-order valence-electron chi connectivity index (χ1n) is 10.3. The van der Waals surface area contributed by atoms with Gasteiger partial charge < -0.3 is 10.6 Å². The smallest absolute Gasteiger partial charge is 0.163 e. The Kier molecular flexibility index (Phi) is 4.57. The van der Waals surface area contributed by atoms with Crippen molar-refractivity contribution >= 4 is 17.2 Å². The van der Waals surface area contributed by atoms with E-state index < -0.39 is 0 Å². The molecule has 4 rings (SSSR count). The molecular formula is C25H30N2O. The molecule has 146 valence electrons. The summed E-state index contributed by atoms with van der Waals surface area (Å²) in [6.45, 7) is 10.8. The molecule has 2 N–H and O–H groups in total. The van der Waals surface area contributed by atoms with Gasteiger partial charge in [0.1, 0.15) is 0 Å². The lowest BCUT2D eigenvalue weighted by Gasteiger charge is -2.34. The maximum Gasteiger partial charge on any atom is 0.163 e. The molecule has 2 aromatic carbocycles. The van der Waals surface area contributed by atoms with Crippen molar-refractivity contribution in [3.05, 3.63) is 69.9 Å². The monoisotopic (exact) mass is 374 g/mol. The fraction of sp³-hybridized carbons (Fsp3) is 0.400. The van der Waals surface area contributed by atoms with Crippen molar-refractivity contribution in [2.45, 2.75) is 59.9 Å². The van der Waals surface area contributed by atoms with E-state index in [-0.39, 0.29) is 17.2 Å². The lowest BCUT2D eigenvalue weighted by atomic mass is 9.73. The predicted molar refractivity (Wildman–Crippen MR) is 117 cm³/mol. The second kappa shape index (κ2) is 6.80. The predicted octanol–water partition coefficient (Wildman–Crippen LogP) is 6.09. The summed E-state index contributed by atoms with van der Waals surface area (Å²) in [7, 11) is 0. The highest BCUT2D eigenvalue weighted by Crippen LogP contribution is 2.45. The van der Waals surface area contributed by atoms with Gasteiger partial charge in [-0.15, -0.1) is 0 Å². The van der Waals surface area contributed by atoms with E-state index in [9.17, 15) is 4.79 Å². The summed E-state index contributed by atoms with van der Waals surface area (Å²) in [5, 5.41) is 7.33. The third-order valence-corrected chi connectivity index (χ3v) is 6.15. The highest BCUT2D eigenvalue weighted by Gasteiger charge is 2.38. The molecule has 1 aliphatic heterocycles. The molecule has 1 unspecified atom stereocenters. The summed E-state index contributed by atoms with van der Waals surface area (Å²) in [6.07, 6.45) is 2.49. The van der Waals surface area contributed by atoms with Crippen LogP contribution in [0.1, 0.15) is 61.9 Å². The minimum Gasteiger partial charge on any atom is -0.372 e. The molecule has 0 saturated heterocycles. The van der Waals surface area contributed by atoms with Crippen molar-refractivity contribution < 1.29 is 4.79 Å². The summed E-state index contributed by atoms with van der Waals surface area (Å²) >= 11 is 0. The number of allylic oxidation sites excluding steroid dienone is 1. The zero-order chi connectivity index (χ0) is 20.1. The number of carbonyl (C=O) groups is 1. The number of benzene rings is 2. The SMILES string of the molecule is CCc1ccc(C2Nc3cc(C)c(C)cc3NC3=C2C(=O)CC(C)(C)C3)cc1. The Morgan fingerprint density at radius 1 is 1.00 bits per heavy atom. The van der Waals surface area contributed by atoms with Crippen LogP contribution in [-0.4, -0.2) is 5.78 Å². The van der Waals surface area contributed by atoms with Crippen LogP contribution in [0, 0.1) is 19.3 Å². The number of fused-ring (bicyclic) bond motifs is 1. The van der Waals surface area contributed by atoms with Gasteiger partial charge in [-0.1, -0.05) is 45.0 Å². The molecule has 0 spiro atoms. The van der Waals surface area contributed by atoms with E-state index in [2.05, 4.69) is 81.7 Å². The van der Waals surface area contributed by atoms with E-state index >= 15 is 0 Å². The molecule has 1 heterocycles. The third-order valence-electron chi connectivity index (χ3n) is 6.15. The molecule has 0 fully saturated rings. The normalized spacial score (nSPS) is 20.6. The summed E-state index contributed by atoms with van der Waals surface area (Å²) in [6, 6.07) is 12.9. The minimum atomic E-state index is -0.125. The molecular weight excluding hydrogens is 344 g/mol. The third kappa shape index (κ3) is 3.34. The van der Waals surface area contributed by atoms with Crippen LogP contribution in [0.25, 0.3) is 0 Å². The zero-order valence-electron chi connectivity index (χ0n) is 17.6. The molecule has 28 heavy (non-hydrogen) atoms. The van der Waals surface area contributed by atoms with Gasteiger partial charge in [0, 0.05) is 17.7 Å². The minimum absolute atomic E-state index is 0.0240. The quantitative estimate of drug-likeness (QED) is 0.668. The number of rotatable bonds is 2. The van der Waals surface area contributed by atoms with Gasteiger partial charge in [-0.25, -0.2) is 0 Å². The topological polar surface area (TPSA) is 41.1 Å². The Morgan fingerprint density at radius 3 is 2.29 bits per heavy atom. The second-order valence-electron chi connectivity index (χ2n) is 9.11. The number of aryl methyl sites for hydroxylation is 3. The zero-order valence-corrected chi connectivity index (χ0v) is 17.6. The second-order valence-corrected chi connectivity index (χ2v) is 9.11. The summed E-state index contributed by atoms with van der Waals surface area (Å²) < 4.78 is 0. The van der Waals surface area contributed by atoms with Gasteiger partial charge in [0.25, 0.3) is 0 Å². The molecule has 1 atom stereocenters. The molecule has 2 aliphatic rings. The molecule has 0 saturated carbocycles. The van der Waals surface area contributed by atoms with E-state index in [0.29, 0.717) is 6.42 Å². The van der Waals surface area contributed by atoms with E-state index in [1.807, 2.05) is 0 Å². The molecule has 3 nitrogen and oxygen atoms in total. The Morgan fingerprint density at radius 2 is 1.64 bits per heavy atom. The lowest BCUT2D eigenvalue weighted by Crippen LogP contribution is -2.31. The highest BCUT2D eigenvalue weighted by molar-refractivity contribution is 6.01. The van der Waals surface area contributed by atoms with Crippen molar-refractivity contribution in [3.63, 3.8) is 0 Å². The molecule has 2 aromatic rings. The Hall–Kier alpha value is -2.55. The van der Waals surface area contributed by atoms with Crippen LogP contribution in [0.3, 0.4) is 0 Å². The fourth-order valence-corrected chi connectivity index (χ4v) is 4.41. The lowest BCUT2D eigenvalue weighted by molar-refractivity contribution is -0.118. The van der Waals surface area contributed by atoms with Gasteiger partial charge in [0.05, 0.1) is 17.4 Å². The largest absolute Gasteiger partial charge is 0.372 e. The van der Waals surface area contributed by atoms with E-state index in [1.54, 1.807) is 0 Å². The van der Waals surface area contributed by atoms with Gasteiger partial charge >= 0.3 is 0 Å². The Bertz CT molecular complexity index is 967. The molecule has 0 bridgehead atoms. The highest BCUT2D eigenvalue weighted by atomic mass is 16.1. The number of hydrogen-bond donors (Lipinski definition) is 2. The standard InChI is InChI=1S/C25H30N2O/c1-6-17-7-9-18(10-8-17)24-23-21(13-25(4,5)14-22(23)28)26-19-11-15(2)16(3)12-20(19)27-24/h7-12,24,26-27H,6,13-14H2,1-5H3. The summed E-state index contributed by atoms with van der Waals surface area (Å²) in [5.74, 6) is 0.247. The average Bonchev–Trinajstić information content (AvgIpc) is 2.78. The van der Waals surface area contributed by atoms with Gasteiger partial charge in [0.2, 0.25) is 0 Å². The number of Topliss-reactive ketones (excluding diaryl/α,β-unsaturated/α-hetero) is 1. The molecule has 0 aromatic heterocycles. The number of hydrogen-bond acceptors (Lipinski definition) is 3. The number of nitrogens with one attached hydrogen (secondary N) is 2. The van der Waals surface area contributed by atoms with Crippen LogP contribution in [0.4, 0.5) is 11.4 Å². The van der Waals surface area contributed by atoms with Crippen molar-refractivity contribution in [1.82, 2.24) is 0 Å². The van der Waals surface area contributed by atoms with Crippen molar-refractivity contribution in [2.24, 2.45) is 5.41 Å². The summed E-state index contributed by atoms with van der Waals surface area (Å²) in [5.41, 5.74) is 9.03. The first-order valence-corrected chi connectivity index (χ1v) is 10.3. The van der Waals surface area contributed by atoms with Crippen LogP contribution in [0.2, 0.25) is 0 Å². The Balaban J connectivity index is 1.87. The Labute approximate surface area is 168 Å². The van der Waals surface area contributed by atoms with E-state index in [1.165, 1.54) is 16.7 Å². The fourth-order valence-electron chi connectivity index (χ4n) is 4.41.